The van der Waals surface area contributed by atoms with E-state index in [0.29, 0.717) is 11.8 Å². The summed E-state index contributed by atoms with van der Waals surface area (Å²) >= 11 is 1.80. The Morgan fingerprint density at radius 2 is 2.03 bits per heavy atom. The van der Waals surface area contributed by atoms with E-state index in [1.807, 2.05) is 6.20 Å². The van der Waals surface area contributed by atoms with Gasteiger partial charge in [-0.2, -0.15) is 0 Å². The van der Waals surface area contributed by atoms with E-state index in [4.69, 9.17) is 4.99 Å². The Bertz CT molecular complexity index is 664. The van der Waals surface area contributed by atoms with Crippen molar-refractivity contribution in [2.45, 2.75) is 46.0 Å². The molecule has 0 bridgehead atoms. The van der Waals surface area contributed by atoms with Crippen molar-refractivity contribution in [3.05, 3.63) is 16.1 Å². The van der Waals surface area contributed by atoms with Gasteiger partial charge >= 0.3 is 0 Å². The number of guanidine groups is 1. The van der Waals surface area contributed by atoms with E-state index in [-0.39, 0.29) is 0 Å². The number of nitrogens with one attached hydrogen (secondary N) is 2. The second-order valence-corrected chi connectivity index (χ2v) is 9.01. The van der Waals surface area contributed by atoms with Gasteiger partial charge in [-0.15, -0.1) is 11.3 Å². The second kappa shape index (κ2) is 11.5. The van der Waals surface area contributed by atoms with Crippen LogP contribution in [0.4, 0.5) is 0 Å². The molecule has 162 valence electrons. The van der Waals surface area contributed by atoms with Gasteiger partial charge in [0.25, 0.3) is 0 Å². The number of carbonyl (C=O) groups excluding carboxylic acids is 1. The molecular weight excluding hydrogens is 384 g/mol. The van der Waals surface area contributed by atoms with E-state index in [2.05, 4.69) is 39.3 Å². The molecular formula is C21H36N6OS. The molecule has 1 saturated carbocycles. The third-order valence-electron chi connectivity index (χ3n) is 5.75. The van der Waals surface area contributed by atoms with Crippen LogP contribution in [0.25, 0.3) is 0 Å². The summed E-state index contributed by atoms with van der Waals surface area (Å²) in [6.07, 6.45) is 7.37. The van der Waals surface area contributed by atoms with Crippen LogP contribution in [0.1, 0.15) is 43.0 Å². The zero-order valence-electron chi connectivity index (χ0n) is 18.0. The maximum absolute atomic E-state index is 12.3. The molecule has 1 amide bonds. The van der Waals surface area contributed by atoms with Crippen molar-refractivity contribution in [1.82, 2.24) is 25.4 Å². The monoisotopic (exact) mass is 420 g/mol. The molecule has 1 aliphatic carbocycles. The first kappa shape index (κ1) is 22.0. The number of thiazole rings is 1. The fraction of sp³-hybridized carbons (Fsp3) is 0.762. The number of hydrogen-bond donors (Lipinski definition) is 2. The lowest BCUT2D eigenvalue weighted by atomic mass is 9.84. The molecule has 0 radical (unpaired) electrons. The first-order valence-corrected chi connectivity index (χ1v) is 12.0. The van der Waals surface area contributed by atoms with E-state index in [1.54, 1.807) is 11.3 Å². The van der Waals surface area contributed by atoms with Crippen LogP contribution in [0.15, 0.2) is 11.2 Å². The van der Waals surface area contributed by atoms with Crippen molar-refractivity contribution < 1.29 is 4.79 Å². The number of piperazine rings is 1. The number of rotatable bonds is 9. The van der Waals surface area contributed by atoms with Gasteiger partial charge in [0.15, 0.2) is 5.96 Å². The maximum atomic E-state index is 12.3. The number of hydrogen-bond acceptors (Lipinski definition) is 5. The first-order chi connectivity index (χ1) is 14.2. The van der Waals surface area contributed by atoms with Crippen molar-refractivity contribution >= 4 is 23.2 Å². The van der Waals surface area contributed by atoms with Crippen molar-refractivity contribution in [3.8, 4) is 0 Å². The zero-order chi connectivity index (χ0) is 20.5. The smallest absolute Gasteiger partial charge is 0.225 e. The van der Waals surface area contributed by atoms with Gasteiger partial charge in [-0.3, -0.25) is 14.7 Å². The van der Waals surface area contributed by atoms with E-state index >= 15 is 0 Å². The summed E-state index contributed by atoms with van der Waals surface area (Å²) in [5.41, 5.74) is 0. The second-order valence-electron chi connectivity index (χ2n) is 7.81. The van der Waals surface area contributed by atoms with Crippen LogP contribution < -0.4 is 10.6 Å². The predicted octanol–water partition coefficient (Wildman–Crippen LogP) is 1.75. The quantitative estimate of drug-likeness (QED) is 0.470. The van der Waals surface area contributed by atoms with E-state index in [9.17, 15) is 4.79 Å². The van der Waals surface area contributed by atoms with Crippen molar-refractivity contribution in [2.75, 3.05) is 52.4 Å². The highest BCUT2D eigenvalue weighted by Crippen LogP contribution is 2.28. The standard InChI is InChI=1S/C21H36N6OS/c1-3-18-16-25-19(29-18)8-9-23-21(22-4-2)24-10-11-26-12-14-27(15-13-26)20(28)17-6-5-7-17/h16-17H,3-15H2,1-2H3,(H2,22,23,24). The third kappa shape index (κ3) is 6.67. The number of aromatic nitrogens is 1. The molecule has 3 rings (SSSR count). The summed E-state index contributed by atoms with van der Waals surface area (Å²) in [7, 11) is 0. The summed E-state index contributed by atoms with van der Waals surface area (Å²) in [5, 5.41) is 7.92. The fourth-order valence-electron chi connectivity index (χ4n) is 3.67. The minimum Gasteiger partial charge on any atom is -0.357 e. The molecule has 1 aromatic rings. The normalized spacial score (nSPS) is 18.6. The largest absolute Gasteiger partial charge is 0.357 e. The van der Waals surface area contributed by atoms with Gasteiger partial charge in [0, 0.05) is 69.2 Å². The molecule has 2 N–H and O–H groups in total. The van der Waals surface area contributed by atoms with E-state index in [0.717, 1.165) is 84.0 Å². The molecule has 2 fully saturated rings. The molecule has 8 heteroatoms. The highest BCUT2D eigenvalue weighted by molar-refractivity contribution is 7.11. The number of aryl methyl sites for hydroxylation is 1. The summed E-state index contributed by atoms with van der Waals surface area (Å²) in [6.45, 7) is 11.3. The Balaban J connectivity index is 1.34. The van der Waals surface area contributed by atoms with Gasteiger partial charge in [0.1, 0.15) is 0 Å². The zero-order valence-corrected chi connectivity index (χ0v) is 18.8. The highest BCUT2D eigenvalue weighted by atomic mass is 32.1. The lowest BCUT2D eigenvalue weighted by Gasteiger charge is -2.38. The van der Waals surface area contributed by atoms with Crippen LogP contribution in [0.3, 0.4) is 0 Å². The molecule has 29 heavy (non-hydrogen) atoms. The Morgan fingerprint density at radius 1 is 1.24 bits per heavy atom. The average molecular weight is 421 g/mol. The number of carbonyl (C=O) groups is 1. The Kier molecular flexibility index (Phi) is 8.73. The number of aliphatic imine (C=N–C) groups is 1. The Morgan fingerprint density at radius 3 is 2.66 bits per heavy atom. The molecule has 7 nitrogen and oxygen atoms in total. The summed E-state index contributed by atoms with van der Waals surface area (Å²) in [4.78, 5) is 27.4. The SMILES string of the molecule is CCNC(=NCCN1CCN(C(=O)C2CCC2)CC1)NCCc1ncc(CC)s1. The molecule has 0 spiro atoms. The van der Waals surface area contributed by atoms with E-state index < -0.39 is 0 Å². The van der Waals surface area contributed by atoms with Gasteiger partial charge in [-0.05, 0) is 26.2 Å². The Hall–Kier alpha value is -1.67. The molecule has 2 heterocycles. The first-order valence-electron chi connectivity index (χ1n) is 11.2. The van der Waals surface area contributed by atoms with Crippen LogP contribution in [-0.4, -0.2) is 79.0 Å². The molecule has 0 atom stereocenters. The number of nitrogens with zero attached hydrogens (tertiary/aromatic N) is 4. The lowest BCUT2D eigenvalue weighted by Crippen LogP contribution is -2.51. The van der Waals surface area contributed by atoms with Gasteiger partial charge in [-0.25, -0.2) is 4.98 Å². The summed E-state index contributed by atoms with van der Waals surface area (Å²) in [5.74, 6) is 1.58. The summed E-state index contributed by atoms with van der Waals surface area (Å²) < 4.78 is 0. The topological polar surface area (TPSA) is 72.9 Å². The van der Waals surface area contributed by atoms with Crippen molar-refractivity contribution in [2.24, 2.45) is 10.9 Å². The van der Waals surface area contributed by atoms with E-state index in [1.165, 1.54) is 16.3 Å². The molecule has 0 aromatic carbocycles. The fourth-order valence-corrected chi connectivity index (χ4v) is 4.53. The molecule has 0 unspecified atom stereocenters. The van der Waals surface area contributed by atoms with Crippen LogP contribution in [-0.2, 0) is 17.6 Å². The van der Waals surface area contributed by atoms with Gasteiger partial charge in [0.2, 0.25) is 5.91 Å². The van der Waals surface area contributed by atoms with Crippen LogP contribution in [0.2, 0.25) is 0 Å². The van der Waals surface area contributed by atoms with Gasteiger partial charge in [-0.1, -0.05) is 13.3 Å². The van der Waals surface area contributed by atoms with Crippen LogP contribution >= 0.6 is 11.3 Å². The van der Waals surface area contributed by atoms with Gasteiger partial charge < -0.3 is 15.5 Å². The summed E-state index contributed by atoms with van der Waals surface area (Å²) in [6, 6.07) is 0. The molecule has 1 saturated heterocycles. The van der Waals surface area contributed by atoms with Crippen molar-refractivity contribution in [3.63, 3.8) is 0 Å². The maximum Gasteiger partial charge on any atom is 0.225 e. The molecule has 1 aliphatic heterocycles. The molecule has 2 aliphatic rings. The average Bonchev–Trinajstić information content (AvgIpc) is 3.15. The van der Waals surface area contributed by atoms with Crippen molar-refractivity contribution in [1.29, 1.82) is 0 Å². The van der Waals surface area contributed by atoms with Crippen LogP contribution in [0.5, 0.6) is 0 Å². The molecule has 1 aromatic heterocycles. The van der Waals surface area contributed by atoms with Gasteiger partial charge in [0.05, 0.1) is 11.6 Å². The minimum atomic E-state index is 0.317. The Labute approximate surface area is 179 Å². The minimum absolute atomic E-state index is 0.317. The lowest BCUT2D eigenvalue weighted by molar-refractivity contribution is -0.139. The number of amides is 1. The third-order valence-corrected chi connectivity index (χ3v) is 6.95. The highest BCUT2D eigenvalue weighted by Gasteiger charge is 2.30. The van der Waals surface area contributed by atoms with Crippen LogP contribution in [0, 0.1) is 5.92 Å². The predicted molar refractivity (Wildman–Crippen MR) is 120 cm³/mol.